The summed E-state index contributed by atoms with van der Waals surface area (Å²) in [6.07, 6.45) is -1.33. The van der Waals surface area contributed by atoms with E-state index in [0.29, 0.717) is 0 Å². The Hall–Kier alpha value is -2.27. The minimum absolute atomic E-state index is 1.09. The number of carbonyl (C=O) groups is 1. The van der Waals surface area contributed by atoms with Crippen LogP contribution >= 0.6 is 0 Å². The Labute approximate surface area is 118 Å². The van der Waals surface area contributed by atoms with E-state index in [1.807, 2.05) is 0 Å². The second-order valence-corrected chi connectivity index (χ2v) is 4.57. The van der Waals surface area contributed by atoms with Crippen molar-refractivity contribution in [2.45, 2.75) is 0 Å². The molecule has 5 nitrogen and oxygen atoms in total. The van der Waals surface area contributed by atoms with E-state index in [0.717, 1.165) is 26.2 Å². The van der Waals surface area contributed by atoms with Crippen molar-refractivity contribution in [3.05, 3.63) is 42.5 Å². The van der Waals surface area contributed by atoms with E-state index in [-0.39, 0.29) is 0 Å². The van der Waals surface area contributed by atoms with Gasteiger partial charge in [-0.25, -0.2) is 4.79 Å². The number of anilines is 1. The number of hydrogen-bond donors (Lipinski definition) is 3. The van der Waals surface area contributed by atoms with Crippen molar-refractivity contribution in [2.75, 3.05) is 31.1 Å². The molecule has 0 unspecified atom stereocenters. The van der Waals surface area contributed by atoms with Crippen LogP contribution in [0, 0.1) is 0 Å². The summed E-state index contributed by atoms with van der Waals surface area (Å²) in [6, 6.07) is 15.2. The summed E-state index contributed by atoms with van der Waals surface area (Å²) >= 11 is 0. The summed E-state index contributed by atoms with van der Waals surface area (Å²) in [5, 5.41) is 13.3. The third-order valence-electron chi connectivity index (χ3n) is 3.22. The molecule has 2 aromatic carbocycles. The van der Waals surface area contributed by atoms with Gasteiger partial charge in [0, 0.05) is 37.3 Å². The summed E-state index contributed by atoms with van der Waals surface area (Å²) in [4.78, 5) is 11.2. The van der Waals surface area contributed by atoms with Crippen LogP contribution in [-0.4, -0.2) is 37.4 Å². The van der Waals surface area contributed by atoms with E-state index in [9.17, 15) is 0 Å². The quantitative estimate of drug-likeness (QED) is 0.741. The van der Waals surface area contributed by atoms with Crippen molar-refractivity contribution >= 4 is 22.6 Å². The van der Waals surface area contributed by atoms with Gasteiger partial charge in [0.25, 0.3) is 0 Å². The number of carboxylic acid groups (broad SMARTS) is 1. The molecule has 1 amide bonds. The van der Waals surface area contributed by atoms with E-state index in [1.165, 1.54) is 16.5 Å². The normalized spacial score (nSPS) is 14.5. The van der Waals surface area contributed by atoms with Gasteiger partial charge in [0.1, 0.15) is 0 Å². The van der Waals surface area contributed by atoms with E-state index in [4.69, 9.17) is 9.90 Å². The SMILES string of the molecule is NC(=O)O.c1ccc2c(N3CCNCC3)cccc2c1. The molecule has 0 atom stereocenters. The summed E-state index contributed by atoms with van der Waals surface area (Å²) < 4.78 is 0. The maximum absolute atomic E-state index is 8.78. The van der Waals surface area contributed by atoms with E-state index < -0.39 is 6.09 Å². The second-order valence-electron chi connectivity index (χ2n) is 4.57. The molecule has 20 heavy (non-hydrogen) atoms. The van der Waals surface area contributed by atoms with Crippen LogP contribution in [0.25, 0.3) is 10.8 Å². The molecule has 0 radical (unpaired) electrons. The highest BCUT2D eigenvalue weighted by Crippen LogP contribution is 2.26. The van der Waals surface area contributed by atoms with Crippen LogP contribution in [0.15, 0.2) is 42.5 Å². The van der Waals surface area contributed by atoms with Crippen molar-refractivity contribution < 1.29 is 9.90 Å². The first-order chi connectivity index (χ1) is 9.68. The number of primary amides is 1. The number of rotatable bonds is 1. The molecule has 1 aliphatic heterocycles. The average molecular weight is 273 g/mol. The zero-order valence-electron chi connectivity index (χ0n) is 11.2. The summed E-state index contributed by atoms with van der Waals surface area (Å²) in [6.45, 7) is 4.38. The molecule has 0 aliphatic carbocycles. The Bertz CT molecular complexity index is 571. The highest BCUT2D eigenvalue weighted by Gasteiger charge is 2.12. The molecule has 0 bridgehead atoms. The van der Waals surface area contributed by atoms with Crippen LogP contribution in [0.5, 0.6) is 0 Å². The molecule has 1 saturated heterocycles. The number of nitrogens with two attached hydrogens (primary N) is 1. The van der Waals surface area contributed by atoms with Gasteiger partial charge in [0.2, 0.25) is 0 Å². The Morgan fingerprint density at radius 3 is 2.40 bits per heavy atom. The molecule has 4 N–H and O–H groups in total. The van der Waals surface area contributed by atoms with E-state index in [2.05, 4.69) is 58.4 Å². The minimum atomic E-state index is -1.33. The molecule has 106 valence electrons. The van der Waals surface area contributed by atoms with Crippen molar-refractivity contribution in [3.8, 4) is 0 Å². The third kappa shape index (κ3) is 3.61. The van der Waals surface area contributed by atoms with Crippen LogP contribution in [0.4, 0.5) is 10.5 Å². The fraction of sp³-hybridized carbons (Fsp3) is 0.267. The molecule has 0 saturated carbocycles. The first-order valence-corrected chi connectivity index (χ1v) is 6.60. The minimum Gasteiger partial charge on any atom is -0.465 e. The predicted molar refractivity (Wildman–Crippen MR) is 81.2 cm³/mol. The first-order valence-electron chi connectivity index (χ1n) is 6.60. The lowest BCUT2D eigenvalue weighted by Gasteiger charge is -2.30. The molecule has 0 aromatic heterocycles. The fourth-order valence-electron chi connectivity index (χ4n) is 2.39. The third-order valence-corrected chi connectivity index (χ3v) is 3.22. The maximum atomic E-state index is 8.78. The molecular formula is C15H19N3O2. The van der Waals surface area contributed by atoms with Gasteiger partial charge in [0.05, 0.1) is 0 Å². The van der Waals surface area contributed by atoms with Gasteiger partial charge < -0.3 is 21.1 Å². The van der Waals surface area contributed by atoms with Crippen molar-refractivity contribution in [2.24, 2.45) is 5.73 Å². The molecule has 3 rings (SSSR count). The zero-order valence-corrected chi connectivity index (χ0v) is 11.2. The molecule has 1 heterocycles. The maximum Gasteiger partial charge on any atom is 0.402 e. The van der Waals surface area contributed by atoms with Gasteiger partial charge in [-0.05, 0) is 11.5 Å². The Balaban J connectivity index is 0.000000328. The Kier molecular flexibility index (Phi) is 4.79. The number of nitrogens with zero attached hydrogens (tertiary/aromatic N) is 1. The van der Waals surface area contributed by atoms with Crippen LogP contribution in [0.2, 0.25) is 0 Å². The van der Waals surface area contributed by atoms with Gasteiger partial charge in [-0.2, -0.15) is 0 Å². The Morgan fingerprint density at radius 2 is 1.70 bits per heavy atom. The van der Waals surface area contributed by atoms with Crippen LogP contribution in [0.3, 0.4) is 0 Å². The number of piperazine rings is 1. The monoisotopic (exact) mass is 273 g/mol. The molecule has 0 spiro atoms. The van der Waals surface area contributed by atoms with Gasteiger partial charge >= 0.3 is 6.09 Å². The van der Waals surface area contributed by atoms with Gasteiger partial charge in [0.15, 0.2) is 0 Å². The molecule has 5 heteroatoms. The number of nitrogens with one attached hydrogen (secondary N) is 1. The topological polar surface area (TPSA) is 78.6 Å². The summed E-state index contributed by atoms with van der Waals surface area (Å²) in [5.41, 5.74) is 5.40. The van der Waals surface area contributed by atoms with Gasteiger partial charge in [-0.15, -0.1) is 0 Å². The largest absolute Gasteiger partial charge is 0.465 e. The number of fused-ring (bicyclic) bond motifs is 1. The van der Waals surface area contributed by atoms with Crippen molar-refractivity contribution in [1.82, 2.24) is 5.32 Å². The summed E-state index contributed by atoms with van der Waals surface area (Å²) in [7, 11) is 0. The van der Waals surface area contributed by atoms with Gasteiger partial charge in [-0.1, -0.05) is 36.4 Å². The molecule has 1 fully saturated rings. The smallest absolute Gasteiger partial charge is 0.402 e. The first kappa shape index (κ1) is 14.1. The zero-order chi connectivity index (χ0) is 14.4. The highest BCUT2D eigenvalue weighted by molar-refractivity contribution is 5.94. The lowest BCUT2D eigenvalue weighted by atomic mass is 10.1. The number of benzene rings is 2. The fourth-order valence-corrected chi connectivity index (χ4v) is 2.39. The second kappa shape index (κ2) is 6.77. The Morgan fingerprint density at radius 1 is 1.10 bits per heavy atom. The number of hydrogen-bond acceptors (Lipinski definition) is 3. The molecule has 1 aliphatic rings. The number of amides is 1. The van der Waals surface area contributed by atoms with E-state index in [1.54, 1.807) is 0 Å². The summed E-state index contributed by atoms with van der Waals surface area (Å²) in [5.74, 6) is 0. The average Bonchev–Trinajstić information content (AvgIpc) is 2.47. The van der Waals surface area contributed by atoms with Crippen LogP contribution < -0.4 is 16.0 Å². The lowest BCUT2D eigenvalue weighted by molar-refractivity contribution is 0.205. The van der Waals surface area contributed by atoms with Gasteiger partial charge in [-0.3, -0.25) is 0 Å². The van der Waals surface area contributed by atoms with E-state index >= 15 is 0 Å². The predicted octanol–water partition coefficient (Wildman–Crippen LogP) is 1.87. The highest BCUT2D eigenvalue weighted by atomic mass is 16.4. The van der Waals surface area contributed by atoms with Crippen molar-refractivity contribution in [1.29, 1.82) is 0 Å². The van der Waals surface area contributed by atoms with Crippen LogP contribution in [-0.2, 0) is 0 Å². The lowest BCUT2D eigenvalue weighted by Crippen LogP contribution is -2.43. The molecule has 2 aromatic rings. The van der Waals surface area contributed by atoms with Crippen LogP contribution in [0.1, 0.15) is 0 Å². The molecular weight excluding hydrogens is 254 g/mol. The standard InChI is InChI=1S/C14H16N2.CH3NO2/c1-2-6-13-12(4-1)5-3-7-14(13)16-10-8-15-9-11-16;2-1(3)4/h1-7,15H,8-11H2;2H2,(H,3,4). The van der Waals surface area contributed by atoms with Crippen molar-refractivity contribution in [3.63, 3.8) is 0 Å².